The number of carbonyl (C=O) groups excluding carboxylic acids is 1. The van der Waals surface area contributed by atoms with Gasteiger partial charge in [-0.3, -0.25) is 19.8 Å². The lowest BCUT2D eigenvalue weighted by Gasteiger charge is -2.30. The molecule has 0 aromatic heterocycles. The van der Waals surface area contributed by atoms with Crippen LogP contribution in [0.5, 0.6) is 0 Å². The summed E-state index contributed by atoms with van der Waals surface area (Å²) in [6.07, 6.45) is 0. The van der Waals surface area contributed by atoms with Crippen LogP contribution in [0.4, 0.5) is 5.69 Å². The van der Waals surface area contributed by atoms with Crippen LogP contribution in [-0.4, -0.2) is 60.5 Å². The van der Waals surface area contributed by atoms with E-state index in [0.29, 0.717) is 25.6 Å². The highest BCUT2D eigenvalue weighted by Gasteiger charge is 2.36. The molecule has 2 unspecified atom stereocenters. The summed E-state index contributed by atoms with van der Waals surface area (Å²) in [6.45, 7) is 9.80. The molecular formula is C26H35N3O4. The molecule has 178 valence electrons. The van der Waals surface area contributed by atoms with Crippen LogP contribution < -0.4 is 0 Å². The van der Waals surface area contributed by atoms with Crippen molar-refractivity contribution < 1.29 is 14.5 Å². The zero-order valence-electron chi connectivity index (χ0n) is 20.1. The molecule has 0 spiro atoms. The number of aryl methyl sites for hydroxylation is 1. The fraction of sp³-hybridized carbons (Fsp3) is 0.500. The summed E-state index contributed by atoms with van der Waals surface area (Å²) in [5, 5.41) is 11.5. The zero-order chi connectivity index (χ0) is 24.0. The first-order chi connectivity index (χ1) is 15.8. The predicted molar refractivity (Wildman–Crippen MR) is 129 cm³/mol. The Balaban J connectivity index is 1.84. The van der Waals surface area contributed by atoms with Crippen LogP contribution in [0.15, 0.2) is 48.5 Å². The predicted octanol–water partition coefficient (Wildman–Crippen LogP) is 4.25. The Morgan fingerprint density at radius 2 is 1.88 bits per heavy atom. The van der Waals surface area contributed by atoms with Gasteiger partial charge < -0.3 is 9.64 Å². The third-order valence-electron chi connectivity index (χ3n) is 6.27. The lowest BCUT2D eigenvalue weighted by atomic mass is 9.88. The Morgan fingerprint density at radius 1 is 1.18 bits per heavy atom. The Kier molecular flexibility index (Phi) is 8.58. The number of nitro benzene ring substituents is 1. The van der Waals surface area contributed by atoms with Crippen molar-refractivity contribution in [1.29, 1.82) is 0 Å². The quantitative estimate of drug-likeness (QED) is 0.397. The molecule has 7 heteroatoms. The molecule has 0 radical (unpaired) electrons. The van der Waals surface area contributed by atoms with Crippen molar-refractivity contribution in [2.24, 2.45) is 11.8 Å². The Labute approximate surface area is 196 Å². The van der Waals surface area contributed by atoms with E-state index in [4.69, 9.17) is 4.74 Å². The fourth-order valence-electron chi connectivity index (χ4n) is 4.75. The number of ether oxygens (including phenoxy) is 1. The zero-order valence-corrected chi connectivity index (χ0v) is 20.1. The van der Waals surface area contributed by atoms with Crippen molar-refractivity contribution in [1.82, 2.24) is 9.80 Å². The van der Waals surface area contributed by atoms with E-state index in [2.05, 4.69) is 49.9 Å². The average Bonchev–Trinajstić information content (AvgIpc) is 3.16. The number of amides is 1. The van der Waals surface area contributed by atoms with Crippen molar-refractivity contribution in [3.05, 3.63) is 75.3 Å². The number of carbonyl (C=O) groups is 1. The van der Waals surface area contributed by atoms with Crippen molar-refractivity contribution >= 4 is 11.6 Å². The van der Waals surface area contributed by atoms with E-state index < -0.39 is 0 Å². The Morgan fingerprint density at radius 3 is 2.52 bits per heavy atom. The van der Waals surface area contributed by atoms with Crippen LogP contribution >= 0.6 is 0 Å². The number of para-hydroxylation sites is 1. The molecule has 0 aliphatic carbocycles. The molecule has 1 fully saturated rings. The number of hydrogen-bond acceptors (Lipinski definition) is 5. The van der Waals surface area contributed by atoms with Crippen LogP contribution in [0.25, 0.3) is 0 Å². The smallest absolute Gasteiger partial charge is 0.273 e. The molecule has 0 N–H and O–H groups in total. The van der Waals surface area contributed by atoms with Crippen molar-refractivity contribution in [3.8, 4) is 0 Å². The van der Waals surface area contributed by atoms with Gasteiger partial charge in [0.05, 0.1) is 4.92 Å². The number of rotatable bonds is 10. The molecular weight excluding hydrogens is 418 g/mol. The van der Waals surface area contributed by atoms with Crippen LogP contribution in [0.2, 0.25) is 0 Å². The number of hydrogen-bond donors (Lipinski definition) is 0. The second kappa shape index (κ2) is 11.4. The molecule has 1 saturated heterocycles. The van der Waals surface area contributed by atoms with Gasteiger partial charge in [0.25, 0.3) is 5.69 Å². The summed E-state index contributed by atoms with van der Waals surface area (Å²) in [7, 11) is 1.55. The van der Waals surface area contributed by atoms with Gasteiger partial charge in [0.1, 0.15) is 6.61 Å². The van der Waals surface area contributed by atoms with Crippen LogP contribution in [-0.2, 0) is 16.1 Å². The molecule has 2 aromatic rings. The monoisotopic (exact) mass is 453 g/mol. The van der Waals surface area contributed by atoms with Gasteiger partial charge in [-0.15, -0.1) is 0 Å². The van der Waals surface area contributed by atoms with E-state index in [9.17, 15) is 14.9 Å². The van der Waals surface area contributed by atoms with Crippen LogP contribution in [0.3, 0.4) is 0 Å². The summed E-state index contributed by atoms with van der Waals surface area (Å²) in [5.74, 6) is 0.840. The molecule has 7 nitrogen and oxygen atoms in total. The van der Waals surface area contributed by atoms with Gasteiger partial charge >= 0.3 is 0 Å². The van der Waals surface area contributed by atoms with Gasteiger partial charge in [0, 0.05) is 57.4 Å². The van der Waals surface area contributed by atoms with Crippen molar-refractivity contribution in [2.45, 2.75) is 33.2 Å². The molecule has 1 aliphatic rings. The lowest BCUT2D eigenvalue weighted by molar-refractivity contribution is -0.385. The van der Waals surface area contributed by atoms with Crippen LogP contribution in [0, 0.1) is 28.9 Å². The highest BCUT2D eigenvalue weighted by Crippen LogP contribution is 2.35. The number of methoxy groups -OCH3 is 1. The first-order valence-corrected chi connectivity index (χ1v) is 11.6. The van der Waals surface area contributed by atoms with E-state index in [1.165, 1.54) is 11.1 Å². The average molecular weight is 454 g/mol. The summed E-state index contributed by atoms with van der Waals surface area (Å²) >= 11 is 0. The van der Waals surface area contributed by atoms with E-state index in [1.807, 2.05) is 17.0 Å². The van der Waals surface area contributed by atoms with Gasteiger partial charge in [-0.25, -0.2) is 0 Å². The highest BCUT2D eigenvalue weighted by atomic mass is 16.6. The van der Waals surface area contributed by atoms with E-state index >= 15 is 0 Å². The summed E-state index contributed by atoms with van der Waals surface area (Å²) < 4.78 is 5.13. The summed E-state index contributed by atoms with van der Waals surface area (Å²) in [4.78, 5) is 28.1. The van der Waals surface area contributed by atoms with Crippen molar-refractivity contribution in [3.63, 3.8) is 0 Å². The second-order valence-electron chi connectivity index (χ2n) is 9.48. The third kappa shape index (κ3) is 6.62. The Hall–Kier alpha value is -2.77. The molecule has 1 aliphatic heterocycles. The van der Waals surface area contributed by atoms with Gasteiger partial charge in [0.2, 0.25) is 5.91 Å². The molecule has 33 heavy (non-hydrogen) atoms. The third-order valence-corrected chi connectivity index (χ3v) is 6.27. The molecule has 0 bridgehead atoms. The molecule has 2 atom stereocenters. The second-order valence-corrected chi connectivity index (χ2v) is 9.48. The maximum atomic E-state index is 12.8. The van der Waals surface area contributed by atoms with Gasteiger partial charge in [-0.05, 0) is 24.3 Å². The van der Waals surface area contributed by atoms with E-state index in [0.717, 1.165) is 18.7 Å². The maximum Gasteiger partial charge on any atom is 0.273 e. The first-order valence-electron chi connectivity index (χ1n) is 11.6. The minimum atomic E-state index is -0.311. The lowest BCUT2D eigenvalue weighted by Crippen LogP contribution is -2.41. The largest absolute Gasteiger partial charge is 0.375 e. The molecule has 1 heterocycles. The molecule has 1 amide bonds. The topological polar surface area (TPSA) is 75.9 Å². The molecule has 3 rings (SSSR count). The number of likely N-dealkylation sites (tertiary alicyclic amines) is 1. The first kappa shape index (κ1) is 24.9. The van der Waals surface area contributed by atoms with Gasteiger partial charge in [-0.2, -0.15) is 0 Å². The SMILES string of the molecule is COCC(=O)N(CC(C)C)CC1CN(Cc2ccccc2[N+](=O)[O-])CC1c1ccc(C)cc1. The fourth-order valence-corrected chi connectivity index (χ4v) is 4.75. The number of benzene rings is 2. The molecule has 0 saturated carbocycles. The normalized spacial score (nSPS) is 18.6. The van der Waals surface area contributed by atoms with E-state index in [-0.39, 0.29) is 35.0 Å². The number of nitrogens with zero attached hydrogens (tertiary/aromatic N) is 3. The highest BCUT2D eigenvalue weighted by molar-refractivity contribution is 5.77. The molecule has 2 aromatic carbocycles. The standard InChI is InChI=1S/C26H35N3O4/c1-19(2)13-28(26(30)18-33-4)16-23-15-27(14-22-7-5-6-8-25(22)29(31)32)17-24(23)21-11-9-20(3)10-12-21/h5-12,19,23-24H,13-18H2,1-4H3. The Bertz CT molecular complexity index is 945. The number of nitro groups is 1. The van der Waals surface area contributed by atoms with Gasteiger partial charge in [-0.1, -0.05) is 61.9 Å². The maximum absolute atomic E-state index is 12.8. The van der Waals surface area contributed by atoms with Crippen molar-refractivity contribution in [2.75, 3.05) is 39.9 Å². The minimum Gasteiger partial charge on any atom is -0.375 e. The van der Waals surface area contributed by atoms with Crippen LogP contribution in [0.1, 0.15) is 36.5 Å². The minimum absolute atomic E-state index is 0.00556. The van der Waals surface area contributed by atoms with E-state index in [1.54, 1.807) is 19.2 Å². The summed E-state index contributed by atoms with van der Waals surface area (Å²) in [6, 6.07) is 15.5. The van der Waals surface area contributed by atoms with Gasteiger partial charge in [0.15, 0.2) is 0 Å². The summed E-state index contributed by atoms with van der Waals surface area (Å²) in [5.41, 5.74) is 3.34.